The second-order valence-corrected chi connectivity index (χ2v) is 5.25. The van der Waals surface area contributed by atoms with Gasteiger partial charge in [0.05, 0.1) is 23.0 Å². The standard InChI is InChI=1S/C14H19Cl2N3O/c1-5-6-7-10(2)19(13(20)8-15)9-12-14(16)11(3)17-18(12)4/h10H,7-9H2,1-4H3. The van der Waals surface area contributed by atoms with Gasteiger partial charge in [0.1, 0.15) is 5.88 Å². The summed E-state index contributed by atoms with van der Waals surface area (Å²) >= 11 is 11.9. The second kappa shape index (κ2) is 7.56. The Morgan fingerprint density at radius 2 is 2.20 bits per heavy atom. The largest absolute Gasteiger partial charge is 0.332 e. The lowest BCUT2D eigenvalue weighted by Gasteiger charge is -2.27. The summed E-state index contributed by atoms with van der Waals surface area (Å²) in [7, 11) is 1.81. The molecule has 20 heavy (non-hydrogen) atoms. The predicted molar refractivity (Wildman–Crippen MR) is 81.8 cm³/mol. The molecule has 0 fully saturated rings. The van der Waals surface area contributed by atoms with E-state index in [1.54, 1.807) is 16.5 Å². The Balaban J connectivity index is 2.99. The summed E-state index contributed by atoms with van der Waals surface area (Å²) in [5.41, 5.74) is 1.56. The Morgan fingerprint density at radius 1 is 1.55 bits per heavy atom. The van der Waals surface area contributed by atoms with Gasteiger partial charge < -0.3 is 4.90 Å². The number of rotatable bonds is 5. The molecule has 0 aliphatic heterocycles. The maximum absolute atomic E-state index is 12.0. The quantitative estimate of drug-likeness (QED) is 0.619. The first-order chi connectivity index (χ1) is 9.42. The number of amides is 1. The lowest BCUT2D eigenvalue weighted by molar-refractivity contribution is -0.131. The van der Waals surface area contributed by atoms with Crippen molar-refractivity contribution in [2.24, 2.45) is 7.05 Å². The average Bonchev–Trinajstić information content (AvgIpc) is 2.66. The molecule has 1 heterocycles. The Labute approximate surface area is 130 Å². The minimum Gasteiger partial charge on any atom is -0.332 e. The van der Waals surface area contributed by atoms with Crippen molar-refractivity contribution < 1.29 is 4.79 Å². The van der Waals surface area contributed by atoms with E-state index in [0.29, 0.717) is 18.0 Å². The summed E-state index contributed by atoms with van der Waals surface area (Å²) in [4.78, 5) is 13.7. The van der Waals surface area contributed by atoms with Crippen LogP contribution in [0.1, 0.15) is 31.7 Å². The number of hydrogen-bond donors (Lipinski definition) is 0. The van der Waals surface area contributed by atoms with Gasteiger partial charge in [0.2, 0.25) is 5.91 Å². The molecule has 6 heteroatoms. The van der Waals surface area contributed by atoms with E-state index in [1.807, 2.05) is 20.9 Å². The maximum Gasteiger partial charge on any atom is 0.238 e. The number of nitrogens with zero attached hydrogens (tertiary/aromatic N) is 3. The highest BCUT2D eigenvalue weighted by molar-refractivity contribution is 6.32. The van der Waals surface area contributed by atoms with Gasteiger partial charge in [-0.05, 0) is 20.8 Å². The van der Waals surface area contributed by atoms with Crippen LogP contribution in [0.4, 0.5) is 0 Å². The van der Waals surface area contributed by atoms with Crippen LogP contribution in [0.15, 0.2) is 0 Å². The number of aromatic nitrogens is 2. The first kappa shape index (κ1) is 16.9. The molecule has 1 rings (SSSR count). The van der Waals surface area contributed by atoms with Crippen LogP contribution in [-0.4, -0.2) is 32.5 Å². The van der Waals surface area contributed by atoms with Crippen molar-refractivity contribution in [2.75, 3.05) is 5.88 Å². The third kappa shape index (κ3) is 3.91. The summed E-state index contributed by atoms with van der Waals surface area (Å²) < 4.78 is 1.70. The van der Waals surface area contributed by atoms with Gasteiger partial charge in [0, 0.05) is 19.5 Å². The lowest BCUT2D eigenvalue weighted by atomic mass is 10.2. The highest BCUT2D eigenvalue weighted by Crippen LogP contribution is 2.22. The van der Waals surface area contributed by atoms with Gasteiger partial charge >= 0.3 is 0 Å². The monoisotopic (exact) mass is 315 g/mol. The number of hydrogen-bond acceptors (Lipinski definition) is 2. The molecule has 1 atom stereocenters. The summed E-state index contributed by atoms with van der Waals surface area (Å²) in [6.45, 7) is 5.95. The summed E-state index contributed by atoms with van der Waals surface area (Å²) in [6, 6.07) is -0.0278. The highest BCUT2D eigenvalue weighted by Gasteiger charge is 2.22. The normalized spacial score (nSPS) is 11.7. The smallest absolute Gasteiger partial charge is 0.238 e. The van der Waals surface area contributed by atoms with Gasteiger partial charge in [0.15, 0.2) is 0 Å². The molecule has 0 radical (unpaired) electrons. The zero-order valence-electron chi connectivity index (χ0n) is 12.2. The molecule has 0 aliphatic rings. The first-order valence-corrected chi connectivity index (χ1v) is 7.26. The molecule has 0 saturated carbocycles. The Bertz CT molecular complexity index is 543. The number of halogens is 2. The number of carbonyl (C=O) groups excluding carboxylic acids is 1. The number of aryl methyl sites for hydroxylation is 2. The molecular formula is C14H19Cl2N3O. The van der Waals surface area contributed by atoms with E-state index in [4.69, 9.17) is 23.2 Å². The fourth-order valence-corrected chi connectivity index (χ4v) is 2.31. The third-order valence-corrected chi connectivity index (χ3v) is 3.84. The fraction of sp³-hybridized carbons (Fsp3) is 0.571. The molecule has 1 unspecified atom stereocenters. The average molecular weight is 316 g/mol. The van der Waals surface area contributed by atoms with Crippen LogP contribution < -0.4 is 0 Å². The highest BCUT2D eigenvalue weighted by atomic mass is 35.5. The van der Waals surface area contributed by atoms with Gasteiger partial charge in [-0.15, -0.1) is 23.4 Å². The van der Waals surface area contributed by atoms with E-state index in [-0.39, 0.29) is 17.8 Å². The van der Waals surface area contributed by atoms with E-state index in [2.05, 4.69) is 16.9 Å². The van der Waals surface area contributed by atoms with Crippen LogP contribution >= 0.6 is 23.2 Å². The van der Waals surface area contributed by atoms with Crippen molar-refractivity contribution in [2.45, 2.75) is 39.8 Å². The molecule has 110 valence electrons. The first-order valence-electron chi connectivity index (χ1n) is 6.35. The van der Waals surface area contributed by atoms with Gasteiger partial charge in [-0.3, -0.25) is 9.48 Å². The zero-order chi connectivity index (χ0) is 15.3. The molecule has 0 bridgehead atoms. The second-order valence-electron chi connectivity index (χ2n) is 4.60. The van der Waals surface area contributed by atoms with E-state index in [0.717, 1.165) is 11.4 Å². The third-order valence-electron chi connectivity index (χ3n) is 3.12. The molecule has 1 amide bonds. The molecule has 4 nitrogen and oxygen atoms in total. The Hall–Kier alpha value is -1.18. The van der Waals surface area contributed by atoms with Crippen molar-refractivity contribution in [1.82, 2.24) is 14.7 Å². The summed E-state index contributed by atoms with van der Waals surface area (Å²) in [6.07, 6.45) is 0.605. The van der Waals surface area contributed by atoms with Crippen LogP contribution in [0, 0.1) is 18.8 Å². The molecule has 0 aliphatic carbocycles. The SMILES string of the molecule is CC#CCC(C)N(Cc1c(Cl)c(C)nn1C)C(=O)CCl. The number of alkyl halides is 1. The van der Waals surface area contributed by atoms with E-state index in [9.17, 15) is 4.79 Å². The van der Waals surface area contributed by atoms with Crippen molar-refractivity contribution in [3.05, 3.63) is 16.4 Å². The molecule has 0 aromatic carbocycles. The van der Waals surface area contributed by atoms with Gasteiger partial charge in [-0.25, -0.2) is 0 Å². The van der Waals surface area contributed by atoms with Crippen LogP contribution in [0.3, 0.4) is 0 Å². The molecule has 1 aromatic rings. The van der Waals surface area contributed by atoms with E-state index in [1.165, 1.54) is 0 Å². The van der Waals surface area contributed by atoms with Crippen LogP contribution in [0.25, 0.3) is 0 Å². The van der Waals surface area contributed by atoms with Gasteiger partial charge in [-0.1, -0.05) is 11.6 Å². The van der Waals surface area contributed by atoms with Gasteiger partial charge in [-0.2, -0.15) is 5.10 Å². The summed E-state index contributed by atoms with van der Waals surface area (Å²) in [5.74, 6) is 5.63. The van der Waals surface area contributed by atoms with E-state index >= 15 is 0 Å². The van der Waals surface area contributed by atoms with Crippen molar-refractivity contribution in [1.29, 1.82) is 0 Å². The molecular weight excluding hydrogens is 297 g/mol. The minimum atomic E-state index is -0.132. The summed E-state index contributed by atoms with van der Waals surface area (Å²) in [5, 5.41) is 4.85. The van der Waals surface area contributed by atoms with Crippen LogP contribution in [0.2, 0.25) is 5.02 Å². The molecule has 0 N–H and O–H groups in total. The molecule has 1 aromatic heterocycles. The topological polar surface area (TPSA) is 38.1 Å². The maximum atomic E-state index is 12.0. The lowest BCUT2D eigenvalue weighted by Crippen LogP contribution is -2.39. The van der Waals surface area contributed by atoms with Crippen LogP contribution in [0.5, 0.6) is 0 Å². The fourth-order valence-electron chi connectivity index (χ4n) is 1.94. The predicted octanol–water partition coefficient (Wildman–Crippen LogP) is 2.75. The zero-order valence-corrected chi connectivity index (χ0v) is 13.7. The Kier molecular flexibility index (Phi) is 6.38. The minimum absolute atomic E-state index is 0.0278. The van der Waals surface area contributed by atoms with Crippen LogP contribution in [-0.2, 0) is 18.4 Å². The van der Waals surface area contributed by atoms with Crippen molar-refractivity contribution in [3.8, 4) is 11.8 Å². The molecule has 0 spiro atoms. The van der Waals surface area contributed by atoms with Gasteiger partial charge in [0.25, 0.3) is 0 Å². The van der Waals surface area contributed by atoms with Crippen molar-refractivity contribution >= 4 is 29.1 Å². The molecule has 0 saturated heterocycles. The van der Waals surface area contributed by atoms with Crippen molar-refractivity contribution in [3.63, 3.8) is 0 Å². The Morgan fingerprint density at radius 3 is 2.65 bits per heavy atom. The number of carbonyl (C=O) groups is 1. The van der Waals surface area contributed by atoms with E-state index < -0.39 is 0 Å².